The summed E-state index contributed by atoms with van der Waals surface area (Å²) in [5, 5.41) is 3.08. The first-order valence-electron chi connectivity index (χ1n) is 7.20. The van der Waals surface area contributed by atoms with Crippen LogP contribution in [0.1, 0.15) is 46.0 Å². The van der Waals surface area contributed by atoms with Gasteiger partial charge < -0.3 is 10.1 Å². The predicted octanol–water partition coefficient (Wildman–Crippen LogP) is 1.32. The van der Waals surface area contributed by atoms with E-state index >= 15 is 0 Å². The third-order valence-corrected chi connectivity index (χ3v) is 3.72. The molecule has 1 fully saturated rings. The van der Waals surface area contributed by atoms with Gasteiger partial charge in [-0.25, -0.2) is 0 Å². The second-order valence-electron chi connectivity index (χ2n) is 5.20. The van der Waals surface area contributed by atoms with Crippen molar-refractivity contribution < 1.29 is 14.3 Å². The van der Waals surface area contributed by atoms with E-state index < -0.39 is 0 Å². The highest BCUT2D eigenvalue weighted by atomic mass is 16.5. The van der Waals surface area contributed by atoms with Gasteiger partial charge in [0.25, 0.3) is 0 Å². The van der Waals surface area contributed by atoms with E-state index in [2.05, 4.69) is 5.32 Å². The summed E-state index contributed by atoms with van der Waals surface area (Å²) in [6, 6.07) is 0.128. The summed E-state index contributed by atoms with van der Waals surface area (Å²) in [6.45, 7) is 4.60. The van der Waals surface area contributed by atoms with Gasteiger partial charge in [0, 0.05) is 12.6 Å². The van der Waals surface area contributed by atoms with Gasteiger partial charge in [0.05, 0.1) is 19.1 Å². The number of amides is 1. The summed E-state index contributed by atoms with van der Waals surface area (Å²) in [5.41, 5.74) is 0. The molecule has 0 aliphatic heterocycles. The molecule has 0 aromatic rings. The van der Waals surface area contributed by atoms with Crippen molar-refractivity contribution >= 4 is 11.9 Å². The fourth-order valence-corrected chi connectivity index (χ4v) is 2.29. The Hall–Kier alpha value is -1.10. The Balaban J connectivity index is 2.27. The van der Waals surface area contributed by atoms with Crippen LogP contribution in [0.15, 0.2) is 0 Å². The number of rotatable bonds is 7. The molecule has 0 aromatic carbocycles. The first kappa shape index (κ1) is 16.0. The van der Waals surface area contributed by atoms with Gasteiger partial charge in [-0.1, -0.05) is 12.8 Å². The molecule has 0 aromatic heterocycles. The molecule has 0 radical (unpaired) electrons. The van der Waals surface area contributed by atoms with Gasteiger partial charge in [0.15, 0.2) is 0 Å². The van der Waals surface area contributed by atoms with Gasteiger partial charge in [0.2, 0.25) is 5.91 Å². The quantitative estimate of drug-likeness (QED) is 0.709. The van der Waals surface area contributed by atoms with E-state index in [0.29, 0.717) is 25.6 Å². The molecule has 0 spiro atoms. The number of nitrogens with one attached hydrogen (secondary N) is 1. The third kappa shape index (κ3) is 5.59. The second kappa shape index (κ2) is 8.15. The predicted molar refractivity (Wildman–Crippen MR) is 73.7 cm³/mol. The molecule has 0 heterocycles. The lowest BCUT2D eigenvalue weighted by Crippen LogP contribution is -2.46. The summed E-state index contributed by atoms with van der Waals surface area (Å²) in [4.78, 5) is 25.2. The Kier molecular flexibility index (Phi) is 6.84. The van der Waals surface area contributed by atoms with Gasteiger partial charge in [-0.2, -0.15) is 0 Å². The van der Waals surface area contributed by atoms with E-state index in [0.717, 1.165) is 12.8 Å². The lowest BCUT2D eigenvalue weighted by molar-refractivity contribution is -0.144. The van der Waals surface area contributed by atoms with E-state index in [9.17, 15) is 9.59 Å². The molecular weight excluding hydrogens is 244 g/mol. The lowest BCUT2D eigenvalue weighted by Gasteiger charge is -2.25. The summed E-state index contributed by atoms with van der Waals surface area (Å²) in [5.74, 6) is -0.156. The van der Waals surface area contributed by atoms with Gasteiger partial charge in [0.1, 0.15) is 0 Å². The third-order valence-electron chi connectivity index (χ3n) is 3.72. The van der Waals surface area contributed by atoms with E-state index in [-0.39, 0.29) is 17.9 Å². The minimum absolute atomic E-state index is 0.0539. The summed E-state index contributed by atoms with van der Waals surface area (Å²) in [7, 11) is 1.86. The number of carbonyl (C=O) groups excluding carboxylic acids is 2. The normalized spacial score (nSPS) is 17.5. The van der Waals surface area contributed by atoms with Crippen LogP contribution in [0.25, 0.3) is 0 Å². The molecule has 5 heteroatoms. The van der Waals surface area contributed by atoms with Crippen LogP contribution in [0, 0.1) is 0 Å². The minimum Gasteiger partial charge on any atom is -0.466 e. The van der Waals surface area contributed by atoms with Crippen LogP contribution in [0.3, 0.4) is 0 Å². The molecule has 0 saturated heterocycles. The molecule has 1 unspecified atom stereocenters. The lowest BCUT2D eigenvalue weighted by atomic mass is 10.2. The first-order chi connectivity index (χ1) is 9.04. The largest absolute Gasteiger partial charge is 0.466 e. The molecule has 1 N–H and O–H groups in total. The zero-order valence-electron chi connectivity index (χ0n) is 12.3. The van der Waals surface area contributed by atoms with Crippen molar-refractivity contribution in [3.8, 4) is 0 Å². The number of carbonyl (C=O) groups is 2. The molecule has 110 valence electrons. The van der Waals surface area contributed by atoms with Gasteiger partial charge in [-0.05, 0) is 33.7 Å². The second-order valence-corrected chi connectivity index (χ2v) is 5.20. The Morgan fingerprint density at radius 3 is 2.58 bits per heavy atom. The fraction of sp³-hybridized carbons (Fsp3) is 0.857. The highest BCUT2D eigenvalue weighted by Crippen LogP contribution is 2.17. The molecular formula is C14H26N2O3. The van der Waals surface area contributed by atoms with Crippen LogP contribution in [0.4, 0.5) is 0 Å². The van der Waals surface area contributed by atoms with Crippen LogP contribution >= 0.6 is 0 Å². The van der Waals surface area contributed by atoms with Crippen molar-refractivity contribution in [3.63, 3.8) is 0 Å². The van der Waals surface area contributed by atoms with Crippen molar-refractivity contribution in [1.29, 1.82) is 0 Å². The average Bonchev–Trinajstić information content (AvgIpc) is 2.88. The van der Waals surface area contributed by atoms with Crippen LogP contribution in [-0.2, 0) is 14.3 Å². The monoisotopic (exact) mass is 270 g/mol. The number of likely N-dealkylation sites (N-methyl/N-ethyl adjacent to an activating group) is 1. The van der Waals surface area contributed by atoms with Crippen LogP contribution in [-0.4, -0.2) is 49.1 Å². The molecule has 1 aliphatic rings. The highest BCUT2D eigenvalue weighted by molar-refractivity contribution is 5.81. The summed E-state index contributed by atoms with van der Waals surface area (Å²) >= 11 is 0. The van der Waals surface area contributed by atoms with E-state index in [1.54, 1.807) is 6.92 Å². The molecule has 5 nitrogen and oxygen atoms in total. The number of ether oxygens (including phenoxy) is 1. The molecule has 1 aliphatic carbocycles. The summed E-state index contributed by atoms with van der Waals surface area (Å²) in [6.07, 6.45) is 4.91. The molecule has 1 rings (SSSR count). The fourth-order valence-electron chi connectivity index (χ4n) is 2.29. The van der Waals surface area contributed by atoms with Crippen LogP contribution in [0.5, 0.6) is 0 Å². The molecule has 19 heavy (non-hydrogen) atoms. The zero-order chi connectivity index (χ0) is 14.3. The maximum atomic E-state index is 12.0. The first-order valence-corrected chi connectivity index (χ1v) is 7.20. The van der Waals surface area contributed by atoms with E-state index in [4.69, 9.17) is 4.74 Å². The SMILES string of the molecule is CCOC(=O)CCN(C)C(C)C(=O)NC1CCCC1. The van der Waals surface area contributed by atoms with Crippen molar-refractivity contribution in [2.45, 2.75) is 58.0 Å². The van der Waals surface area contributed by atoms with E-state index in [1.807, 2.05) is 18.9 Å². The Labute approximate surface area is 115 Å². The van der Waals surface area contributed by atoms with Gasteiger partial charge in [-0.3, -0.25) is 14.5 Å². The molecule has 0 bridgehead atoms. The number of hydrogen-bond acceptors (Lipinski definition) is 4. The zero-order valence-corrected chi connectivity index (χ0v) is 12.3. The van der Waals surface area contributed by atoms with Gasteiger partial charge >= 0.3 is 5.97 Å². The number of esters is 1. The smallest absolute Gasteiger partial charge is 0.307 e. The van der Waals surface area contributed by atoms with Gasteiger partial charge in [-0.15, -0.1) is 0 Å². The average molecular weight is 270 g/mol. The van der Waals surface area contributed by atoms with Crippen molar-refractivity contribution in [3.05, 3.63) is 0 Å². The maximum Gasteiger partial charge on any atom is 0.307 e. The Morgan fingerprint density at radius 2 is 2.00 bits per heavy atom. The maximum absolute atomic E-state index is 12.0. The standard InChI is InChI=1S/C14H26N2O3/c1-4-19-13(17)9-10-16(3)11(2)14(18)15-12-7-5-6-8-12/h11-12H,4-10H2,1-3H3,(H,15,18). The van der Waals surface area contributed by atoms with Crippen molar-refractivity contribution in [1.82, 2.24) is 10.2 Å². The molecule has 1 saturated carbocycles. The topological polar surface area (TPSA) is 58.6 Å². The number of hydrogen-bond donors (Lipinski definition) is 1. The number of nitrogens with zero attached hydrogens (tertiary/aromatic N) is 1. The minimum atomic E-state index is -0.213. The molecule has 1 atom stereocenters. The Bertz CT molecular complexity index is 301. The highest BCUT2D eigenvalue weighted by Gasteiger charge is 2.23. The van der Waals surface area contributed by atoms with Crippen LogP contribution < -0.4 is 5.32 Å². The summed E-state index contributed by atoms with van der Waals surface area (Å²) < 4.78 is 4.87. The van der Waals surface area contributed by atoms with Crippen LogP contribution in [0.2, 0.25) is 0 Å². The Morgan fingerprint density at radius 1 is 1.37 bits per heavy atom. The van der Waals surface area contributed by atoms with Crippen molar-refractivity contribution in [2.75, 3.05) is 20.2 Å². The van der Waals surface area contributed by atoms with Crippen molar-refractivity contribution in [2.24, 2.45) is 0 Å². The molecule has 1 amide bonds. The van der Waals surface area contributed by atoms with E-state index in [1.165, 1.54) is 12.8 Å².